The van der Waals surface area contributed by atoms with E-state index in [1.807, 2.05) is 24.7 Å². The number of aryl methyl sites for hydroxylation is 1. The maximum atomic E-state index is 5.42. The topological polar surface area (TPSA) is 71.9 Å². The van der Waals surface area contributed by atoms with Gasteiger partial charge in [-0.3, -0.25) is 10.00 Å². The van der Waals surface area contributed by atoms with Crippen molar-refractivity contribution in [1.82, 2.24) is 29.9 Å². The standard InChI is InChI=1S/C24H32N6O/c1-3-30-17-26-28-23(30)21-15-29(16-24(21)10-5-4-6-11-24)14-19-13-25-27-22(19)18-8-7-9-20(12-18)31-2/h7-9,12-13,17,21H,3-6,10-11,14-16H2,1-2H3,(H,25,27). The average Bonchev–Trinajstić information content (AvgIpc) is 3.53. The molecule has 164 valence electrons. The maximum Gasteiger partial charge on any atom is 0.137 e. The molecule has 0 bridgehead atoms. The molecule has 1 N–H and O–H groups in total. The number of rotatable bonds is 6. The third kappa shape index (κ3) is 3.76. The van der Waals surface area contributed by atoms with Crippen molar-refractivity contribution in [1.29, 1.82) is 0 Å². The molecular formula is C24H32N6O. The van der Waals surface area contributed by atoms with Gasteiger partial charge >= 0.3 is 0 Å². The first-order valence-electron chi connectivity index (χ1n) is 11.5. The molecule has 0 amide bonds. The third-order valence-corrected chi connectivity index (χ3v) is 7.34. The van der Waals surface area contributed by atoms with E-state index in [0.717, 1.165) is 43.2 Å². The Kier molecular flexibility index (Phi) is 5.52. The van der Waals surface area contributed by atoms with Crippen LogP contribution < -0.4 is 4.74 Å². The van der Waals surface area contributed by atoms with Crippen LogP contribution in [0.3, 0.4) is 0 Å². The number of likely N-dealkylation sites (tertiary alicyclic amines) is 1. The van der Waals surface area contributed by atoms with Gasteiger partial charge in [-0.15, -0.1) is 10.2 Å². The minimum absolute atomic E-state index is 0.318. The molecule has 1 aliphatic carbocycles. The molecule has 1 aromatic carbocycles. The number of hydrogen-bond acceptors (Lipinski definition) is 5. The molecular weight excluding hydrogens is 388 g/mol. The van der Waals surface area contributed by atoms with Crippen LogP contribution >= 0.6 is 0 Å². The zero-order valence-corrected chi connectivity index (χ0v) is 18.5. The second-order valence-corrected chi connectivity index (χ2v) is 9.12. The molecule has 7 nitrogen and oxygen atoms in total. The molecule has 3 heterocycles. The van der Waals surface area contributed by atoms with Crippen LogP contribution in [0.5, 0.6) is 5.75 Å². The predicted molar refractivity (Wildman–Crippen MR) is 120 cm³/mol. The first kappa shape index (κ1) is 20.2. The Morgan fingerprint density at radius 3 is 2.90 bits per heavy atom. The zero-order valence-electron chi connectivity index (χ0n) is 18.5. The number of methoxy groups -OCH3 is 1. The summed E-state index contributed by atoms with van der Waals surface area (Å²) >= 11 is 0. The van der Waals surface area contributed by atoms with Gasteiger partial charge in [0.2, 0.25) is 0 Å². The largest absolute Gasteiger partial charge is 0.497 e. The van der Waals surface area contributed by atoms with Gasteiger partial charge in [0, 0.05) is 43.2 Å². The maximum absolute atomic E-state index is 5.42. The van der Waals surface area contributed by atoms with Crippen LogP contribution in [0.25, 0.3) is 11.3 Å². The first-order chi connectivity index (χ1) is 15.2. The number of H-pyrrole nitrogens is 1. The molecule has 2 fully saturated rings. The van der Waals surface area contributed by atoms with E-state index in [0.29, 0.717) is 11.3 Å². The highest BCUT2D eigenvalue weighted by atomic mass is 16.5. The van der Waals surface area contributed by atoms with Crippen LogP contribution in [0.15, 0.2) is 36.8 Å². The lowest BCUT2D eigenvalue weighted by Gasteiger charge is -2.38. The van der Waals surface area contributed by atoms with Gasteiger partial charge in [0.1, 0.15) is 17.9 Å². The molecule has 7 heteroatoms. The van der Waals surface area contributed by atoms with E-state index in [1.165, 1.54) is 43.5 Å². The van der Waals surface area contributed by atoms with Gasteiger partial charge in [-0.2, -0.15) is 5.10 Å². The summed E-state index contributed by atoms with van der Waals surface area (Å²) in [5.74, 6) is 2.48. The number of aromatic nitrogens is 5. The molecule has 3 aromatic rings. The van der Waals surface area contributed by atoms with E-state index in [4.69, 9.17) is 4.74 Å². The second kappa shape index (κ2) is 8.46. The number of benzene rings is 1. The van der Waals surface area contributed by atoms with Gasteiger partial charge in [0.15, 0.2) is 0 Å². The average molecular weight is 421 g/mol. The van der Waals surface area contributed by atoms with Crippen LogP contribution in [0.2, 0.25) is 0 Å². The molecule has 1 unspecified atom stereocenters. The summed E-state index contributed by atoms with van der Waals surface area (Å²) in [5, 5.41) is 16.4. The molecule has 1 spiro atoms. The number of nitrogens with zero attached hydrogens (tertiary/aromatic N) is 5. The fourth-order valence-electron chi connectivity index (χ4n) is 5.79. The quantitative estimate of drug-likeness (QED) is 0.646. The second-order valence-electron chi connectivity index (χ2n) is 9.12. The molecule has 31 heavy (non-hydrogen) atoms. The fourth-order valence-corrected chi connectivity index (χ4v) is 5.79. The molecule has 1 aliphatic heterocycles. The van der Waals surface area contributed by atoms with Gasteiger partial charge in [-0.25, -0.2) is 0 Å². The highest BCUT2D eigenvalue weighted by molar-refractivity contribution is 5.64. The van der Waals surface area contributed by atoms with Crippen molar-refractivity contribution in [2.75, 3.05) is 20.2 Å². The van der Waals surface area contributed by atoms with E-state index in [2.05, 4.69) is 48.9 Å². The van der Waals surface area contributed by atoms with Crippen LogP contribution in [-0.4, -0.2) is 50.1 Å². The van der Waals surface area contributed by atoms with Gasteiger partial charge in [0.25, 0.3) is 0 Å². The summed E-state index contributed by atoms with van der Waals surface area (Å²) in [6.45, 7) is 6.15. The van der Waals surface area contributed by atoms with Crippen molar-refractivity contribution in [3.05, 3.63) is 48.2 Å². The molecule has 2 aliphatic rings. The van der Waals surface area contributed by atoms with Crippen molar-refractivity contribution in [3.63, 3.8) is 0 Å². The fraction of sp³-hybridized carbons (Fsp3) is 0.542. The smallest absolute Gasteiger partial charge is 0.137 e. The highest BCUT2D eigenvalue weighted by Crippen LogP contribution is 2.52. The first-order valence-corrected chi connectivity index (χ1v) is 11.5. The number of hydrogen-bond donors (Lipinski definition) is 1. The van der Waals surface area contributed by atoms with Crippen molar-refractivity contribution in [3.8, 4) is 17.0 Å². The Balaban J connectivity index is 1.42. The van der Waals surface area contributed by atoms with E-state index >= 15 is 0 Å². The predicted octanol–water partition coefficient (Wildman–Crippen LogP) is 4.25. The number of ether oxygens (including phenoxy) is 1. The molecule has 2 aromatic heterocycles. The van der Waals surface area contributed by atoms with Crippen LogP contribution in [-0.2, 0) is 13.1 Å². The van der Waals surface area contributed by atoms with Gasteiger partial charge in [0.05, 0.1) is 19.0 Å². The number of aromatic amines is 1. The number of nitrogens with one attached hydrogen (secondary N) is 1. The Hall–Kier alpha value is -2.67. The summed E-state index contributed by atoms with van der Waals surface area (Å²) in [4.78, 5) is 2.61. The lowest BCUT2D eigenvalue weighted by molar-refractivity contribution is 0.164. The van der Waals surface area contributed by atoms with Crippen LogP contribution in [0, 0.1) is 5.41 Å². The molecule has 5 rings (SSSR count). The van der Waals surface area contributed by atoms with Crippen molar-refractivity contribution in [2.45, 2.75) is 58.0 Å². The van der Waals surface area contributed by atoms with Gasteiger partial charge in [-0.05, 0) is 37.3 Å². The SMILES string of the molecule is CCn1cnnc1C1CN(Cc2cn[nH]c2-c2cccc(OC)c2)CC12CCCCC2. The van der Waals surface area contributed by atoms with Crippen molar-refractivity contribution < 1.29 is 4.74 Å². The summed E-state index contributed by atoms with van der Waals surface area (Å²) in [7, 11) is 1.70. The Labute approximate surface area is 183 Å². The highest BCUT2D eigenvalue weighted by Gasteiger charge is 2.49. The van der Waals surface area contributed by atoms with Crippen LogP contribution in [0.4, 0.5) is 0 Å². The van der Waals surface area contributed by atoms with E-state index < -0.39 is 0 Å². The van der Waals surface area contributed by atoms with E-state index in [1.54, 1.807) is 7.11 Å². The summed E-state index contributed by atoms with van der Waals surface area (Å²) in [6.07, 6.45) is 10.5. The lowest BCUT2D eigenvalue weighted by atomic mass is 9.67. The minimum Gasteiger partial charge on any atom is -0.497 e. The monoisotopic (exact) mass is 420 g/mol. The van der Waals surface area contributed by atoms with Crippen molar-refractivity contribution >= 4 is 0 Å². The minimum atomic E-state index is 0.318. The lowest BCUT2D eigenvalue weighted by Crippen LogP contribution is -2.33. The van der Waals surface area contributed by atoms with Gasteiger partial charge < -0.3 is 9.30 Å². The summed E-state index contributed by atoms with van der Waals surface area (Å²) < 4.78 is 7.66. The Morgan fingerprint density at radius 2 is 2.10 bits per heavy atom. The van der Waals surface area contributed by atoms with Crippen LogP contribution in [0.1, 0.15) is 56.3 Å². The summed E-state index contributed by atoms with van der Waals surface area (Å²) in [6, 6.07) is 8.18. The zero-order chi connectivity index (χ0) is 21.3. The third-order valence-electron chi connectivity index (χ3n) is 7.34. The molecule has 1 saturated heterocycles. The Bertz CT molecular complexity index is 1020. The normalized spacial score (nSPS) is 21.0. The van der Waals surface area contributed by atoms with Crippen molar-refractivity contribution in [2.24, 2.45) is 5.41 Å². The summed E-state index contributed by atoms with van der Waals surface area (Å²) in [5.41, 5.74) is 3.74. The Morgan fingerprint density at radius 1 is 1.23 bits per heavy atom. The molecule has 0 radical (unpaired) electrons. The van der Waals surface area contributed by atoms with Gasteiger partial charge in [-0.1, -0.05) is 31.4 Å². The molecule has 1 atom stereocenters. The van der Waals surface area contributed by atoms with E-state index in [-0.39, 0.29) is 0 Å². The molecule has 1 saturated carbocycles. The van der Waals surface area contributed by atoms with E-state index in [9.17, 15) is 0 Å².